The Morgan fingerprint density at radius 2 is 1.85 bits per heavy atom. The lowest BCUT2D eigenvalue weighted by molar-refractivity contribution is -0.117. The van der Waals surface area contributed by atoms with Crippen LogP contribution in [0.25, 0.3) is 21.3 Å². The molecule has 0 aliphatic carbocycles. The molecule has 0 aliphatic rings. The molecule has 7 nitrogen and oxygen atoms in total. The lowest BCUT2D eigenvalue weighted by Crippen LogP contribution is -2.11. The van der Waals surface area contributed by atoms with Crippen molar-refractivity contribution in [2.75, 3.05) is 5.32 Å². The average molecular weight is 478 g/mol. The fourth-order valence-electron chi connectivity index (χ4n) is 3.48. The van der Waals surface area contributed by atoms with E-state index >= 15 is 0 Å². The molecule has 0 atom stereocenters. The number of carbonyl (C=O) groups excluding carboxylic acids is 2. The van der Waals surface area contributed by atoms with Gasteiger partial charge in [-0.15, -0.1) is 11.3 Å². The van der Waals surface area contributed by atoms with E-state index in [1.54, 1.807) is 48.5 Å². The number of hydrogen-bond donors (Lipinski definition) is 2. The Labute approximate surface area is 196 Å². The van der Waals surface area contributed by atoms with Crippen LogP contribution < -0.4 is 11.1 Å². The number of aromatic nitrogens is 2. The number of thiazole rings is 1. The van der Waals surface area contributed by atoms with E-state index in [0.29, 0.717) is 38.8 Å². The van der Waals surface area contributed by atoms with Gasteiger partial charge in [-0.25, -0.2) is 9.78 Å². The molecule has 0 fully saturated rings. The van der Waals surface area contributed by atoms with E-state index in [4.69, 9.17) is 16.0 Å². The van der Waals surface area contributed by atoms with Crippen molar-refractivity contribution in [3.8, 4) is 0 Å². The SMILES string of the molecule is O=C(Cc1ccc(Cl)cc1)Cc1nc2ccc(C(=O)Nc3ccc4[nH]c(=O)oc4c3)cc2s1. The number of halogens is 1. The van der Waals surface area contributed by atoms with Crippen LogP contribution in [0.2, 0.25) is 5.02 Å². The number of aromatic amines is 1. The topological polar surface area (TPSA) is 105 Å². The molecule has 0 unspecified atom stereocenters. The molecule has 0 spiro atoms. The van der Waals surface area contributed by atoms with E-state index in [0.717, 1.165) is 15.8 Å². The van der Waals surface area contributed by atoms with Crippen LogP contribution in [0.1, 0.15) is 20.9 Å². The van der Waals surface area contributed by atoms with Gasteiger partial charge in [0.1, 0.15) is 10.8 Å². The Kier molecular flexibility index (Phi) is 5.53. The Morgan fingerprint density at radius 3 is 2.67 bits per heavy atom. The molecule has 2 aromatic heterocycles. The molecular weight excluding hydrogens is 462 g/mol. The molecule has 1 amide bonds. The number of carbonyl (C=O) groups is 2. The van der Waals surface area contributed by atoms with Crippen LogP contribution in [0.4, 0.5) is 5.69 Å². The van der Waals surface area contributed by atoms with Gasteiger partial charge in [-0.1, -0.05) is 23.7 Å². The summed E-state index contributed by atoms with van der Waals surface area (Å²) in [7, 11) is 0. The minimum Gasteiger partial charge on any atom is -0.408 e. The molecule has 2 heterocycles. The van der Waals surface area contributed by atoms with Crippen molar-refractivity contribution in [1.29, 1.82) is 0 Å². The maximum atomic E-state index is 12.7. The summed E-state index contributed by atoms with van der Waals surface area (Å²) in [4.78, 5) is 43.6. The summed E-state index contributed by atoms with van der Waals surface area (Å²) in [5.74, 6) is -0.796. The lowest BCUT2D eigenvalue weighted by Gasteiger charge is -2.05. The van der Waals surface area contributed by atoms with Crippen LogP contribution in [0.3, 0.4) is 0 Å². The summed E-state index contributed by atoms with van der Waals surface area (Å²) in [6.07, 6.45) is 0.539. The summed E-state index contributed by atoms with van der Waals surface area (Å²) in [6.45, 7) is 0. The summed E-state index contributed by atoms with van der Waals surface area (Å²) < 4.78 is 5.85. The van der Waals surface area contributed by atoms with E-state index in [9.17, 15) is 14.4 Å². The number of anilines is 1. The Bertz CT molecular complexity index is 1570. The van der Waals surface area contributed by atoms with E-state index in [1.807, 2.05) is 12.1 Å². The van der Waals surface area contributed by atoms with Crippen LogP contribution in [0.5, 0.6) is 0 Å². The minimum atomic E-state index is -0.549. The number of hydrogen-bond acceptors (Lipinski definition) is 6. The van der Waals surface area contributed by atoms with Crippen molar-refractivity contribution in [1.82, 2.24) is 9.97 Å². The number of H-pyrrole nitrogens is 1. The third kappa shape index (κ3) is 4.72. The van der Waals surface area contributed by atoms with Crippen molar-refractivity contribution in [3.05, 3.63) is 92.4 Å². The molecule has 0 bridgehead atoms. The highest BCUT2D eigenvalue weighted by molar-refractivity contribution is 7.18. The van der Waals surface area contributed by atoms with Crippen molar-refractivity contribution < 1.29 is 14.0 Å². The molecule has 2 N–H and O–H groups in total. The fraction of sp³-hybridized carbons (Fsp3) is 0.0833. The predicted octanol–water partition coefficient (Wildman–Crippen LogP) is 4.99. The number of oxazole rings is 1. The zero-order chi connectivity index (χ0) is 22.9. The summed E-state index contributed by atoms with van der Waals surface area (Å²) in [5, 5.41) is 4.14. The van der Waals surface area contributed by atoms with Gasteiger partial charge in [-0.3, -0.25) is 14.6 Å². The second kappa shape index (κ2) is 8.65. The van der Waals surface area contributed by atoms with Gasteiger partial charge < -0.3 is 9.73 Å². The van der Waals surface area contributed by atoms with E-state index in [2.05, 4.69) is 15.3 Å². The molecule has 5 aromatic rings. The highest BCUT2D eigenvalue weighted by Crippen LogP contribution is 2.25. The summed E-state index contributed by atoms with van der Waals surface area (Å²) >= 11 is 7.28. The van der Waals surface area contributed by atoms with Crippen LogP contribution >= 0.6 is 22.9 Å². The van der Waals surface area contributed by atoms with Crippen molar-refractivity contribution in [2.45, 2.75) is 12.8 Å². The second-order valence-corrected chi connectivity index (χ2v) is 9.04. The highest BCUT2D eigenvalue weighted by Gasteiger charge is 2.13. The molecule has 164 valence electrons. The first-order valence-electron chi connectivity index (χ1n) is 10.0. The number of nitrogens with one attached hydrogen (secondary N) is 2. The van der Waals surface area contributed by atoms with Crippen molar-refractivity contribution in [2.24, 2.45) is 0 Å². The Morgan fingerprint density at radius 1 is 1.03 bits per heavy atom. The maximum absolute atomic E-state index is 12.7. The van der Waals surface area contributed by atoms with Crippen molar-refractivity contribution >= 4 is 61.6 Å². The third-order valence-electron chi connectivity index (χ3n) is 5.04. The highest BCUT2D eigenvalue weighted by atomic mass is 35.5. The first-order chi connectivity index (χ1) is 15.9. The first-order valence-corrected chi connectivity index (χ1v) is 11.2. The summed E-state index contributed by atoms with van der Waals surface area (Å²) in [5.41, 5.74) is 3.53. The predicted molar refractivity (Wildman–Crippen MR) is 128 cm³/mol. The Hall–Kier alpha value is -3.75. The zero-order valence-electron chi connectivity index (χ0n) is 17.1. The van der Waals surface area contributed by atoms with Crippen LogP contribution in [-0.4, -0.2) is 21.7 Å². The number of rotatable bonds is 6. The quantitative estimate of drug-likeness (QED) is 0.358. The maximum Gasteiger partial charge on any atom is 0.417 e. The van der Waals surface area contributed by atoms with Crippen molar-refractivity contribution in [3.63, 3.8) is 0 Å². The molecular formula is C24H16ClN3O4S. The van der Waals surface area contributed by atoms with Gasteiger partial charge >= 0.3 is 5.76 Å². The molecule has 9 heteroatoms. The fourth-order valence-corrected chi connectivity index (χ4v) is 4.64. The number of amides is 1. The minimum absolute atomic E-state index is 0.0566. The number of nitrogens with zero attached hydrogens (tertiary/aromatic N) is 1. The molecule has 0 radical (unpaired) electrons. The van der Waals surface area contributed by atoms with Gasteiger partial charge in [0, 0.05) is 28.8 Å². The molecule has 33 heavy (non-hydrogen) atoms. The van der Waals surface area contributed by atoms with E-state index in [-0.39, 0.29) is 18.1 Å². The molecule has 0 saturated heterocycles. The molecule has 0 saturated carbocycles. The molecule has 5 rings (SSSR count). The normalized spacial score (nSPS) is 11.2. The van der Waals surface area contributed by atoms with Crippen LogP contribution in [0.15, 0.2) is 69.9 Å². The standard InChI is InChI=1S/C24H16ClN3O4S/c25-15-4-1-13(2-5-15)9-17(29)12-22-27-19-7-3-14(10-21(19)33-22)23(30)26-16-6-8-18-20(11-16)32-24(31)28-18/h1-8,10-11H,9,12H2,(H,26,30)(H,28,31). The lowest BCUT2D eigenvalue weighted by atomic mass is 10.1. The zero-order valence-corrected chi connectivity index (χ0v) is 18.6. The van der Waals surface area contributed by atoms with Crippen LogP contribution in [-0.2, 0) is 17.6 Å². The number of benzene rings is 3. The number of fused-ring (bicyclic) bond motifs is 2. The number of Topliss-reactive ketones (excluding diaryl/α,β-unsaturated/α-hetero) is 1. The van der Waals surface area contributed by atoms with Gasteiger partial charge in [0.05, 0.1) is 22.2 Å². The summed E-state index contributed by atoms with van der Waals surface area (Å²) in [6, 6.07) is 17.3. The smallest absolute Gasteiger partial charge is 0.408 e. The van der Waals surface area contributed by atoms with Gasteiger partial charge in [0.2, 0.25) is 0 Å². The largest absolute Gasteiger partial charge is 0.417 e. The second-order valence-electron chi connectivity index (χ2n) is 7.49. The number of ketones is 1. The van der Waals surface area contributed by atoms with Gasteiger partial charge in [0.25, 0.3) is 5.91 Å². The van der Waals surface area contributed by atoms with E-state index in [1.165, 1.54) is 11.3 Å². The molecule has 3 aromatic carbocycles. The van der Waals surface area contributed by atoms with Gasteiger partial charge in [0.15, 0.2) is 5.58 Å². The average Bonchev–Trinajstić information content (AvgIpc) is 3.35. The Balaban J connectivity index is 1.29. The molecule has 0 aliphatic heterocycles. The van der Waals surface area contributed by atoms with Gasteiger partial charge in [-0.2, -0.15) is 0 Å². The third-order valence-corrected chi connectivity index (χ3v) is 6.31. The van der Waals surface area contributed by atoms with Gasteiger partial charge in [-0.05, 0) is 48.0 Å². The van der Waals surface area contributed by atoms with E-state index < -0.39 is 5.76 Å². The van der Waals surface area contributed by atoms with Crippen LogP contribution in [0, 0.1) is 0 Å². The first kappa shape index (κ1) is 21.1. The monoisotopic (exact) mass is 477 g/mol.